The van der Waals surface area contributed by atoms with Crippen molar-refractivity contribution in [3.05, 3.63) is 60.3 Å². The lowest BCUT2D eigenvalue weighted by molar-refractivity contribution is 0.408. The summed E-state index contributed by atoms with van der Waals surface area (Å²) in [6.45, 7) is 0.775. The third kappa shape index (κ3) is 2.03. The molecule has 0 atom stereocenters. The first-order valence-corrected chi connectivity index (χ1v) is 6.25. The van der Waals surface area contributed by atoms with Crippen LogP contribution in [0.25, 0.3) is 10.9 Å². The van der Waals surface area contributed by atoms with Crippen LogP contribution in [0, 0.1) is 0 Å². The van der Waals surface area contributed by atoms with Crippen LogP contribution in [0.4, 0.5) is 5.69 Å². The third-order valence-corrected chi connectivity index (χ3v) is 3.38. The molecule has 3 heteroatoms. The highest BCUT2D eigenvalue weighted by molar-refractivity contribution is 5.91. The lowest BCUT2D eigenvalue weighted by Gasteiger charge is -2.10. The zero-order valence-electron chi connectivity index (χ0n) is 10.8. The smallest absolute Gasteiger partial charge is 0.123 e. The van der Waals surface area contributed by atoms with Crippen LogP contribution in [0.3, 0.4) is 0 Å². The molecule has 0 saturated heterocycles. The summed E-state index contributed by atoms with van der Waals surface area (Å²) in [6, 6.07) is 16.1. The van der Waals surface area contributed by atoms with Crippen molar-refractivity contribution in [2.45, 2.75) is 6.54 Å². The number of aromatic nitrogens is 1. The Kier molecular flexibility index (Phi) is 2.88. The molecule has 2 aromatic carbocycles. The van der Waals surface area contributed by atoms with E-state index in [0.29, 0.717) is 0 Å². The number of hydrogen-bond acceptors (Lipinski definition) is 2. The Labute approximate surface area is 112 Å². The molecule has 0 aliphatic heterocycles. The first-order chi connectivity index (χ1) is 9.29. The highest BCUT2D eigenvalue weighted by Gasteiger charge is 2.06. The molecule has 0 amide bonds. The SMILES string of the molecule is COc1ccccc1Cn1ccc2c(N)cccc21. The molecule has 0 unspecified atom stereocenters. The highest BCUT2D eigenvalue weighted by atomic mass is 16.5. The molecule has 0 spiro atoms. The zero-order valence-corrected chi connectivity index (χ0v) is 10.8. The summed E-state index contributed by atoms with van der Waals surface area (Å²) < 4.78 is 7.58. The summed E-state index contributed by atoms with van der Waals surface area (Å²) in [7, 11) is 1.70. The fraction of sp³-hybridized carbons (Fsp3) is 0.125. The molecule has 0 aliphatic rings. The summed E-state index contributed by atoms with van der Waals surface area (Å²) in [5.41, 5.74) is 9.10. The van der Waals surface area contributed by atoms with E-state index in [1.165, 1.54) is 0 Å². The van der Waals surface area contributed by atoms with Crippen molar-refractivity contribution in [3.8, 4) is 5.75 Å². The van der Waals surface area contributed by atoms with Crippen molar-refractivity contribution in [2.75, 3.05) is 12.8 Å². The molecule has 0 bridgehead atoms. The van der Waals surface area contributed by atoms with E-state index in [-0.39, 0.29) is 0 Å². The molecule has 3 aromatic rings. The Morgan fingerprint density at radius 3 is 2.74 bits per heavy atom. The molecular formula is C16H16N2O. The fourth-order valence-corrected chi connectivity index (χ4v) is 2.40. The summed E-state index contributed by atoms with van der Waals surface area (Å²) in [5, 5.41) is 1.09. The van der Waals surface area contributed by atoms with Gasteiger partial charge in [-0.1, -0.05) is 24.3 Å². The molecule has 96 valence electrons. The van der Waals surface area contributed by atoms with Gasteiger partial charge < -0.3 is 15.0 Å². The van der Waals surface area contributed by atoms with E-state index in [1.807, 2.05) is 30.3 Å². The van der Waals surface area contributed by atoms with Gasteiger partial charge in [-0.2, -0.15) is 0 Å². The number of nitrogens with two attached hydrogens (primary N) is 1. The lowest BCUT2D eigenvalue weighted by Crippen LogP contribution is -2.00. The monoisotopic (exact) mass is 252 g/mol. The second-order valence-corrected chi connectivity index (χ2v) is 4.54. The van der Waals surface area contributed by atoms with Crippen molar-refractivity contribution in [1.82, 2.24) is 4.57 Å². The van der Waals surface area contributed by atoms with Crippen LogP contribution in [0.1, 0.15) is 5.56 Å². The largest absolute Gasteiger partial charge is 0.496 e. The maximum atomic E-state index is 5.98. The van der Waals surface area contributed by atoms with E-state index in [1.54, 1.807) is 7.11 Å². The minimum atomic E-state index is 0.775. The van der Waals surface area contributed by atoms with Gasteiger partial charge in [0.15, 0.2) is 0 Å². The lowest BCUT2D eigenvalue weighted by atomic mass is 10.2. The van der Waals surface area contributed by atoms with Gasteiger partial charge in [-0.25, -0.2) is 0 Å². The molecule has 0 aliphatic carbocycles. The second-order valence-electron chi connectivity index (χ2n) is 4.54. The number of anilines is 1. The third-order valence-electron chi connectivity index (χ3n) is 3.38. The van der Waals surface area contributed by atoms with Crippen LogP contribution in [-0.2, 0) is 6.54 Å². The molecule has 1 aromatic heterocycles. The first-order valence-electron chi connectivity index (χ1n) is 6.25. The average Bonchev–Trinajstić information content (AvgIpc) is 2.84. The fourth-order valence-electron chi connectivity index (χ4n) is 2.40. The Morgan fingerprint density at radius 2 is 1.89 bits per heavy atom. The molecular weight excluding hydrogens is 236 g/mol. The van der Waals surface area contributed by atoms with Gasteiger partial charge in [0.05, 0.1) is 19.2 Å². The van der Waals surface area contributed by atoms with Crippen LogP contribution in [0.15, 0.2) is 54.7 Å². The van der Waals surface area contributed by atoms with Crippen molar-refractivity contribution in [2.24, 2.45) is 0 Å². The molecule has 3 rings (SSSR count). The maximum absolute atomic E-state index is 5.98. The van der Waals surface area contributed by atoms with Gasteiger partial charge in [-0.05, 0) is 24.3 Å². The number of hydrogen-bond donors (Lipinski definition) is 1. The number of methoxy groups -OCH3 is 1. The molecule has 19 heavy (non-hydrogen) atoms. The predicted octanol–water partition coefficient (Wildman–Crippen LogP) is 3.28. The van der Waals surface area contributed by atoms with Gasteiger partial charge in [0.1, 0.15) is 5.75 Å². The Balaban J connectivity index is 2.04. The predicted molar refractivity (Wildman–Crippen MR) is 78.4 cm³/mol. The average molecular weight is 252 g/mol. The Morgan fingerprint density at radius 1 is 1.05 bits per heavy atom. The van der Waals surface area contributed by atoms with Crippen LogP contribution in [0.2, 0.25) is 0 Å². The van der Waals surface area contributed by atoms with E-state index >= 15 is 0 Å². The van der Waals surface area contributed by atoms with E-state index < -0.39 is 0 Å². The van der Waals surface area contributed by atoms with Crippen LogP contribution < -0.4 is 10.5 Å². The normalized spacial score (nSPS) is 10.8. The van der Waals surface area contributed by atoms with Gasteiger partial charge in [0, 0.05) is 22.8 Å². The summed E-state index contributed by atoms with van der Waals surface area (Å²) in [4.78, 5) is 0. The molecule has 3 nitrogen and oxygen atoms in total. The number of fused-ring (bicyclic) bond motifs is 1. The van der Waals surface area contributed by atoms with Crippen molar-refractivity contribution in [3.63, 3.8) is 0 Å². The number of nitrogen functional groups attached to an aromatic ring is 1. The van der Waals surface area contributed by atoms with E-state index in [9.17, 15) is 0 Å². The van der Waals surface area contributed by atoms with Crippen molar-refractivity contribution >= 4 is 16.6 Å². The number of nitrogens with zero attached hydrogens (tertiary/aromatic N) is 1. The molecule has 0 radical (unpaired) electrons. The van der Waals surface area contributed by atoms with Gasteiger partial charge in [0.2, 0.25) is 0 Å². The van der Waals surface area contributed by atoms with E-state index in [4.69, 9.17) is 10.5 Å². The van der Waals surface area contributed by atoms with E-state index in [0.717, 1.165) is 34.4 Å². The highest BCUT2D eigenvalue weighted by Crippen LogP contribution is 2.25. The first kappa shape index (κ1) is 11.7. The summed E-state index contributed by atoms with van der Waals surface area (Å²) >= 11 is 0. The van der Waals surface area contributed by atoms with E-state index in [2.05, 4.69) is 29.0 Å². The van der Waals surface area contributed by atoms with Crippen molar-refractivity contribution < 1.29 is 4.74 Å². The second kappa shape index (κ2) is 4.69. The quantitative estimate of drug-likeness (QED) is 0.727. The number of ether oxygens (including phenoxy) is 1. The minimum absolute atomic E-state index is 0.775. The molecule has 0 fully saturated rings. The zero-order chi connectivity index (χ0) is 13.2. The Hall–Kier alpha value is -2.42. The summed E-state index contributed by atoms with van der Waals surface area (Å²) in [5.74, 6) is 0.910. The summed E-state index contributed by atoms with van der Waals surface area (Å²) in [6.07, 6.45) is 2.06. The number of benzene rings is 2. The molecule has 0 saturated carbocycles. The number of rotatable bonds is 3. The standard InChI is InChI=1S/C16H16N2O/c1-19-16-8-3-2-5-12(16)11-18-10-9-13-14(17)6-4-7-15(13)18/h2-10H,11,17H2,1H3. The Bertz CT molecular complexity index is 716. The maximum Gasteiger partial charge on any atom is 0.123 e. The van der Waals surface area contributed by atoms with Gasteiger partial charge in [-0.15, -0.1) is 0 Å². The topological polar surface area (TPSA) is 40.2 Å². The van der Waals surface area contributed by atoms with Gasteiger partial charge in [0.25, 0.3) is 0 Å². The number of para-hydroxylation sites is 1. The molecule has 2 N–H and O–H groups in total. The van der Waals surface area contributed by atoms with Crippen LogP contribution >= 0.6 is 0 Å². The molecule has 1 heterocycles. The van der Waals surface area contributed by atoms with Crippen LogP contribution in [-0.4, -0.2) is 11.7 Å². The van der Waals surface area contributed by atoms with Crippen molar-refractivity contribution in [1.29, 1.82) is 0 Å². The van der Waals surface area contributed by atoms with Crippen LogP contribution in [0.5, 0.6) is 5.75 Å². The van der Waals surface area contributed by atoms with Gasteiger partial charge in [-0.3, -0.25) is 0 Å². The van der Waals surface area contributed by atoms with Gasteiger partial charge >= 0.3 is 0 Å². The minimum Gasteiger partial charge on any atom is -0.496 e.